The van der Waals surface area contributed by atoms with Crippen LogP contribution in [0.5, 0.6) is 11.5 Å². The summed E-state index contributed by atoms with van der Waals surface area (Å²) in [5, 5.41) is 0. The van der Waals surface area contributed by atoms with Crippen LogP contribution in [0.1, 0.15) is 59.9 Å². The van der Waals surface area contributed by atoms with E-state index in [0.29, 0.717) is 32.3 Å². The summed E-state index contributed by atoms with van der Waals surface area (Å²) in [6, 6.07) is 5.83. The highest BCUT2D eigenvalue weighted by Crippen LogP contribution is 2.38. The van der Waals surface area contributed by atoms with Crippen LogP contribution < -0.4 is 9.47 Å². The Hall–Kier alpha value is -1.12. The number of benzene rings is 1. The molecule has 2 atom stereocenters. The molecule has 0 aromatic heterocycles. The molecule has 28 heavy (non-hydrogen) atoms. The molecule has 2 unspecified atom stereocenters. The van der Waals surface area contributed by atoms with E-state index in [-0.39, 0.29) is 6.23 Å². The zero-order valence-electron chi connectivity index (χ0n) is 18.2. The molecular weight excluding hydrogens is 376 g/mol. The van der Waals surface area contributed by atoms with Crippen LogP contribution in [-0.4, -0.2) is 40.6 Å². The van der Waals surface area contributed by atoms with Crippen molar-refractivity contribution in [2.24, 2.45) is 5.92 Å². The van der Waals surface area contributed by atoms with Gasteiger partial charge >= 0.3 is 8.80 Å². The van der Waals surface area contributed by atoms with Gasteiger partial charge in [-0.3, -0.25) is 0 Å². The van der Waals surface area contributed by atoms with Crippen LogP contribution >= 0.6 is 0 Å². The topological polar surface area (TPSA) is 55.4 Å². The molecule has 0 spiro atoms. The predicted molar refractivity (Wildman–Crippen MR) is 110 cm³/mol. The van der Waals surface area contributed by atoms with Gasteiger partial charge in [0.15, 0.2) is 6.23 Å². The minimum Gasteiger partial charge on any atom is -0.489 e. The molecule has 0 radical (unpaired) electrons. The zero-order valence-corrected chi connectivity index (χ0v) is 19.2. The third kappa shape index (κ3) is 5.70. The first-order chi connectivity index (χ1) is 13.4. The SMILES string of the molecule is CCCC(C)C1(C)OCc2cc(OC[Si](OCC)(OCC)OCC)ccc2O1. The summed E-state index contributed by atoms with van der Waals surface area (Å²) in [5.74, 6) is 1.31. The molecule has 160 valence electrons. The van der Waals surface area contributed by atoms with Gasteiger partial charge in [-0.25, -0.2) is 0 Å². The molecule has 1 aliphatic rings. The van der Waals surface area contributed by atoms with Crippen LogP contribution in [-0.2, 0) is 24.6 Å². The summed E-state index contributed by atoms with van der Waals surface area (Å²) in [7, 11) is -2.85. The van der Waals surface area contributed by atoms with Crippen LogP contribution in [0.2, 0.25) is 0 Å². The summed E-state index contributed by atoms with van der Waals surface area (Å²) in [6.07, 6.45) is 2.44. The lowest BCUT2D eigenvalue weighted by molar-refractivity contribution is -0.223. The Morgan fingerprint density at radius 1 is 1.07 bits per heavy atom. The summed E-state index contributed by atoms with van der Waals surface area (Å²) < 4.78 is 35.8. The highest BCUT2D eigenvalue weighted by atomic mass is 28.4. The van der Waals surface area contributed by atoms with Crippen LogP contribution in [0.15, 0.2) is 18.2 Å². The number of rotatable bonds is 12. The molecule has 7 heteroatoms. The van der Waals surface area contributed by atoms with Crippen molar-refractivity contribution < 1.29 is 27.5 Å². The van der Waals surface area contributed by atoms with Crippen molar-refractivity contribution in [3.8, 4) is 11.5 Å². The lowest BCUT2D eigenvalue weighted by Crippen LogP contribution is -2.51. The monoisotopic (exact) mass is 412 g/mol. The number of hydrogen-bond acceptors (Lipinski definition) is 6. The molecule has 1 aliphatic heterocycles. The molecule has 0 saturated carbocycles. The van der Waals surface area contributed by atoms with Crippen LogP contribution in [0.3, 0.4) is 0 Å². The van der Waals surface area contributed by atoms with Crippen molar-refractivity contribution in [3.63, 3.8) is 0 Å². The first-order valence-corrected chi connectivity index (χ1v) is 12.4. The van der Waals surface area contributed by atoms with Crippen LogP contribution in [0.4, 0.5) is 0 Å². The van der Waals surface area contributed by atoms with Crippen molar-refractivity contribution in [3.05, 3.63) is 23.8 Å². The third-order valence-electron chi connectivity index (χ3n) is 4.98. The second-order valence-electron chi connectivity index (χ2n) is 7.14. The lowest BCUT2D eigenvalue weighted by Gasteiger charge is -2.40. The third-order valence-corrected chi connectivity index (χ3v) is 7.67. The Morgan fingerprint density at radius 2 is 1.71 bits per heavy atom. The van der Waals surface area contributed by atoms with E-state index in [1.165, 1.54) is 0 Å². The summed E-state index contributed by atoms with van der Waals surface area (Å²) in [5.41, 5.74) is 0.982. The zero-order chi connectivity index (χ0) is 20.6. The molecule has 0 amide bonds. The Labute approximate surface area is 170 Å². The van der Waals surface area contributed by atoms with Gasteiger partial charge in [-0.05, 0) is 45.4 Å². The van der Waals surface area contributed by atoms with Gasteiger partial charge in [-0.1, -0.05) is 20.3 Å². The van der Waals surface area contributed by atoms with Gasteiger partial charge in [0.1, 0.15) is 11.5 Å². The average molecular weight is 413 g/mol. The maximum atomic E-state index is 6.21. The fourth-order valence-electron chi connectivity index (χ4n) is 3.35. The van der Waals surface area contributed by atoms with Gasteiger partial charge in [0.05, 0.1) is 6.61 Å². The number of ether oxygens (including phenoxy) is 3. The highest BCUT2D eigenvalue weighted by molar-refractivity contribution is 6.60. The summed E-state index contributed by atoms with van der Waals surface area (Å²) in [6.45, 7) is 14.2. The predicted octanol–water partition coefficient (Wildman–Crippen LogP) is 4.71. The largest absolute Gasteiger partial charge is 0.540 e. The molecule has 0 N–H and O–H groups in total. The Morgan fingerprint density at radius 3 is 2.29 bits per heavy atom. The normalized spacial score (nSPS) is 20.4. The van der Waals surface area contributed by atoms with Crippen molar-refractivity contribution in [1.29, 1.82) is 0 Å². The minimum atomic E-state index is -2.85. The standard InChI is InChI=1S/C21H36O6Si/c1-7-11-17(5)21(6)23-15-18-14-19(12-13-20(18)27-21)22-16-28(24-8-2,25-9-3)26-10-4/h12-14,17H,7-11,15-16H2,1-6H3. The second kappa shape index (κ2) is 10.6. The maximum Gasteiger partial charge on any atom is 0.540 e. The van der Waals surface area contributed by atoms with Gasteiger partial charge in [0.25, 0.3) is 0 Å². The Bertz CT molecular complexity index is 594. The minimum absolute atomic E-state index is 0.272. The second-order valence-corrected chi connectivity index (χ2v) is 9.66. The first-order valence-electron chi connectivity index (χ1n) is 10.4. The first kappa shape index (κ1) is 23.2. The van der Waals surface area contributed by atoms with Gasteiger partial charge in [0.2, 0.25) is 5.79 Å². The Kier molecular flexibility index (Phi) is 8.76. The van der Waals surface area contributed by atoms with Crippen LogP contribution in [0, 0.1) is 5.92 Å². The maximum absolute atomic E-state index is 6.21. The van der Waals surface area contributed by atoms with E-state index in [2.05, 4.69) is 13.8 Å². The molecular formula is C21H36O6Si. The fourth-order valence-corrected chi connectivity index (χ4v) is 5.51. The van der Waals surface area contributed by atoms with E-state index in [4.69, 9.17) is 27.5 Å². The Balaban J connectivity index is 2.08. The van der Waals surface area contributed by atoms with Crippen molar-refractivity contribution in [2.75, 3.05) is 26.1 Å². The molecule has 0 aliphatic carbocycles. The lowest BCUT2D eigenvalue weighted by atomic mass is 9.96. The molecule has 6 nitrogen and oxygen atoms in total. The van der Waals surface area contributed by atoms with E-state index in [1.807, 2.05) is 45.9 Å². The quantitative estimate of drug-likeness (QED) is 0.463. The molecule has 0 fully saturated rings. The summed E-state index contributed by atoms with van der Waals surface area (Å²) >= 11 is 0. The van der Waals surface area contributed by atoms with Crippen molar-refractivity contribution in [2.45, 2.75) is 66.8 Å². The van der Waals surface area contributed by atoms with E-state index >= 15 is 0 Å². The van der Waals surface area contributed by atoms with Gasteiger partial charge in [-0.2, -0.15) is 0 Å². The molecule has 2 rings (SSSR count). The summed E-state index contributed by atoms with van der Waals surface area (Å²) in [4.78, 5) is 0. The molecule has 1 heterocycles. The number of fused-ring (bicyclic) bond motifs is 1. The van der Waals surface area contributed by atoms with Crippen molar-refractivity contribution >= 4 is 8.80 Å². The van der Waals surface area contributed by atoms with Gasteiger partial charge in [0, 0.05) is 38.2 Å². The highest BCUT2D eigenvalue weighted by Gasteiger charge is 2.42. The van der Waals surface area contributed by atoms with Gasteiger partial charge in [-0.15, -0.1) is 0 Å². The van der Waals surface area contributed by atoms with E-state index < -0.39 is 14.6 Å². The van der Waals surface area contributed by atoms with Crippen molar-refractivity contribution in [1.82, 2.24) is 0 Å². The molecule has 1 aromatic rings. The number of hydrogen-bond donors (Lipinski definition) is 0. The average Bonchev–Trinajstić information content (AvgIpc) is 2.67. The molecule has 0 bridgehead atoms. The van der Waals surface area contributed by atoms with Crippen LogP contribution in [0.25, 0.3) is 0 Å². The smallest absolute Gasteiger partial charge is 0.489 e. The fraction of sp³-hybridized carbons (Fsp3) is 0.714. The van der Waals surface area contributed by atoms with Gasteiger partial charge < -0.3 is 27.5 Å². The van der Waals surface area contributed by atoms with E-state index in [1.54, 1.807) is 0 Å². The molecule has 0 saturated heterocycles. The van der Waals surface area contributed by atoms with E-state index in [9.17, 15) is 0 Å². The van der Waals surface area contributed by atoms with E-state index in [0.717, 1.165) is 29.9 Å². The molecule has 1 aromatic carbocycles.